The summed E-state index contributed by atoms with van der Waals surface area (Å²) < 4.78 is 20.8. The van der Waals surface area contributed by atoms with Crippen LogP contribution in [0.2, 0.25) is 0 Å². The lowest BCUT2D eigenvalue weighted by atomic mass is 9.96. The number of carbonyl (C=O) groups excluding carboxylic acids is 1. The van der Waals surface area contributed by atoms with E-state index in [1.165, 1.54) is 12.1 Å². The van der Waals surface area contributed by atoms with Gasteiger partial charge in [0.05, 0.1) is 12.5 Å². The van der Waals surface area contributed by atoms with Crippen molar-refractivity contribution in [1.82, 2.24) is 19.4 Å². The maximum absolute atomic E-state index is 13.2. The number of likely N-dealkylation sites (tertiary alicyclic amines) is 1. The van der Waals surface area contributed by atoms with Crippen LogP contribution in [0.15, 0.2) is 65.5 Å². The van der Waals surface area contributed by atoms with Crippen LogP contribution >= 0.6 is 0 Å². The number of para-hydroxylation sites is 2. The van der Waals surface area contributed by atoms with E-state index in [2.05, 4.69) is 9.97 Å². The minimum Gasteiger partial charge on any atom is -0.440 e. The van der Waals surface area contributed by atoms with Crippen LogP contribution in [0.3, 0.4) is 0 Å². The molecule has 1 aliphatic heterocycles. The lowest BCUT2D eigenvalue weighted by Gasteiger charge is -2.30. The van der Waals surface area contributed by atoms with Crippen LogP contribution in [0.4, 0.5) is 4.39 Å². The smallest absolute Gasteiger partial charge is 0.272 e. The van der Waals surface area contributed by atoms with E-state index in [9.17, 15) is 9.18 Å². The van der Waals surface area contributed by atoms with Crippen molar-refractivity contribution in [2.45, 2.75) is 18.8 Å². The largest absolute Gasteiger partial charge is 0.440 e. The van der Waals surface area contributed by atoms with E-state index in [1.807, 2.05) is 29.2 Å². The first-order chi connectivity index (χ1) is 14.2. The van der Waals surface area contributed by atoms with E-state index in [4.69, 9.17) is 4.42 Å². The SMILES string of the molecule is O=C(c1cncn1-c1ccc(F)cc1)N1CCC(c2nc3ccccc3o2)CC1. The molecule has 0 aliphatic carbocycles. The number of piperidine rings is 1. The fourth-order valence-corrected chi connectivity index (χ4v) is 3.82. The van der Waals surface area contributed by atoms with Crippen molar-refractivity contribution in [2.75, 3.05) is 13.1 Å². The minimum atomic E-state index is -0.317. The Morgan fingerprint density at radius 2 is 1.83 bits per heavy atom. The molecule has 1 fully saturated rings. The highest BCUT2D eigenvalue weighted by atomic mass is 19.1. The lowest BCUT2D eigenvalue weighted by molar-refractivity contribution is 0.0698. The topological polar surface area (TPSA) is 64.2 Å². The van der Waals surface area contributed by atoms with Crippen molar-refractivity contribution in [3.8, 4) is 5.69 Å². The second-order valence-electron chi connectivity index (χ2n) is 7.21. The van der Waals surface area contributed by atoms with Gasteiger partial charge in [0.15, 0.2) is 11.5 Å². The van der Waals surface area contributed by atoms with Gasteiger partial charge in [0.1, 0.15) is 17.0 Å². The number of halogens is 1. The summed E-state index contributed by atoms with van der Waals surface area (Å²) in [5, 5.41) is 0. The van der Waals surface area contributed by atoms with E-state index in [0.29, 0.717) is 24.5 Å². The maximum atomic E-state index is 13.2. The number of benzene rings is 2. The fourth-order valence-electron chi connectivity index (χ4n) is 3.82. The first kappa shape index (κ1) is 17.6. The molecule has 2 aromatic carbocycles. The van der Waals surface area contributed by atoms with Gasteiger partial charge >= 0.3 is 0 Å². The molecule has 3 heterocycles. The molecule has 1 saturated heterocycles. The van der Waals surface area contributed by atoms with E-state index in [0.717, 1.165) is 29.8 Å². The highest BCUT2D eigenvalue weighted by Gasteiger charge is 2.29. The average molecular weight is 390 g/mol. The third-order valence-electron chi connectivity index (χ3n) is 5.40. The van der Waals surface area contributed by atoms with E-state index in [1.54, 1.807) is 29.2 Å². The van der Waals surface area contributed by atoms with Gasteiger partial charge < -0.3 is 9.32 Å². The molecule has 7 heteroatoms. The molecule has 1 amide bonds. The summed E-state index contributed by atoms with van der Waals surface area (Å²) in [5.74, 6) is 0.550. The molecule has 6 nitrogen and oxygen atoms in total. The average Bonchev–Trinajstić information content (AvgIpc) is 3.41. The summed E-state index contributed by atoms with van der Waals surface area (Å²) in [6, 6.07) is 13.7. The van der Waals surface area contributed by atoms with Gasteiger partial charge in [-0.1, -0.05) is 12.1 Å². The lowest BCUT2D eigenvalue weighted by Crippen LogP contribution is -2.38. The fraction of sp³-hybridized carbons (Fsp3) is 0.227. The zero-order valence-electron chi connectivity index (χ0n) is 15.7. The summed E-state index contributed by atoms with van der Waals surface area (Å²) in [7, 11) is 0. The molecule has 2 aromatic heterocycles. The summed E-state index contributed by atoms with van der Waals surface area (Å²) in [4.78, 5) is 23.6. The van der Waals surface area contributed by atoms with Crippen LogP contribution < -0.4 is 0 Å². The van der Waals surface area contributed by atoms with Crippen molar-refractivity contribution >= 4 is 17.0 Å². The van der Waals surface area contributed by atoms with E-state index < -0.39 is 0 Å². The Balaban J connectivity index is 1.30. The predicted molar refractivity (Wildman–Crippen MR) is 105 cm³/mol. The summed E-state index contributed by atoms with van der Waals surface area (Å²) >= 11 is 0. The van der Waals surface area contributed by atoms with Crippen molar-refractivity contribution in [2.24, 2.45) is 0 Å². The summed E-state index contributed by atoms with van der Waals surface area (Å²) in [6.45, 7) is 1.24. The molecule has 1 aliphatic rings. The number of hydrogen-bond donors (Lipinski definition) is 0. The number of fused-ring (bicyclic) bond motifs is 1. The summed E-state index contributed by atoms with van der Waals surface area (Å²) in [5.41, 5.74) is 2.83. The Kier molecular flexibility index (Phi) is 4.35. The zero-order valence-corrected chi connectivity index (χ0v) is 15.7. The van der Waals surface area contributed by atoms with Gasteiger partial charge in [-0.25, -0.2) is 14.4 Å². The zero-order chi connectivity index (χ0) is 19.8. The van der Waals surface area contributed by atoms with Gasteiger partial charge in [0.2, 0.25) is 0 Å². The van der Waals surface area contributed by atoms with Crippen LogP contribution in [-0.4, -0.2) is 38.4 Å². The highest BCUT2D eigenvalue weighted by molar-refractivity contribution is 5.93. The standard InChI is InChI=1S/C22H19FN4O2/c23-16-5-7-17(8-6-16)27-14-24-13-19(27)22(28)26-11-9-15(10-12-26)21-25-18-3-1-2-4-20(18)29-21/h1-8,13-15H,9-12H2. The monoisotopic (exact) mass is 390 g/mol. The van der Waals surface area contributed by atoms with E-state index >= 15 is 0 Å². The molecule has 0 saturated carbocycles. The Morgan fingerprint density at radius 3 is 2.59 bits per heavy atom. The Hall–Kier alpha value is -3.48. The molecule has 0 atom stereocenters. The van der Waals surface area contributed by atoms with Crippen molar-refractivity contribution in [3.05, 3.63) is 78.5 Å². The van der Waals surface area contributed by atoms with Crippen LogP contribution in [0.5, 0.6) is 0 Å². The van der Waals surface area contributed by atoms with Crippen LogP contribution in [0.25, 0.3) is 16.8 Å². The first-order valence-electron chi connectivity index (χ1n) is 9.62. The number of rotatable bonds is 3. The number of oxazole rings is 1. The van der Waals surface area contributed by atoms with Crippen LogP contribution in [-0.2, 0) is 0 Å². The van der Waals surface area contributed by atoms with Crippen LogP contribution in [0.1, 0.15) is 35.1 Å². The van der Waals surface area contributed by atoms with Gasteiger partial charge in [-0.15, -0.1) is 0 Å². The van der Waals surface area contributed by atoms with Gasteiger partial charge in [0.25, 0.3) is 5.91 Å². The van der Waals surface area contributed by atoms with Gasteiger partial charge in [-0.05, 0) is 49.2 Å². The summed E-state index contributed by atoms with van der Waals surface area (Å²) in [6.07, 6.45) is 4.72. The van der Waals surface area contributed by atoms with Crippen molar-refractivity contribution < 1.29 is 13.6 Å². The molecule has 0 bridgehead atoms. The normalized spacial score (nSPS) is 15.1. The Labute approximate surface area is 166 Å². The molecule has 0 unspecified atom stereocenters. The number of hydrogen-bond acceptors (Lipinski definition) is 4. The Morgan fingerprint density at radius 1 is 1.07 bits per heavy atom. The third kappa shape index (κ3) is 3.29. The first-order valence-corrected chi connectivity index (χ1v) is 9.62. The van der Waals surface area contributed by atoms with Gasteiger partial charge in [0, 0.05) is 24.7 Å². The number of imidazole rings is 1. The molecule has 0 radical (unpaired) electrons. The molecular formula is C22H19FN4O2. The second kappa shape index (κ2) is 7.16. The highest BCUT2D eigenvalue weighted by Crippen LogP contribution is 2.30. The number of amides is 1. The van der Waals surface area contributed by atoms with E-state index in [-0.39, 0.29) is 17.6 Å². The molecule has 0 spiro atoms. The number of nitrogens with zero attached hydrogens (tertiary/aromatic N) is 4. The van der Waals surface area contributed by atoms with Crippen molar-refractivity contribution in [3.63, 3.8) is 0 Å². The van der Waals surface area contributed by atoms with Gasteiger partial charge in [-0.3, -0.25) is 9.36 Å². The van der Waals surface area contributed by atoms with Crippen LogP contribution in [0, 0.1) is 5.82 Å². The van der Waals surface area contributed by atoms with Gasteiger partial charge in [-0.2, -0.15) is 0 Å². The molecule has 29 heavy (non-hydrogen) atoms. The predicted octanol–water partition coefficient (Wildman–Crippen LogP) is 4.17. The molecule has 5 rings (SSSR count). The number of carbonyl (C=O) groups is 1. The Bertz CT molecular complexity index is 1120. The third-order valence-corrected chi connectivity index (χ3v) is 5.40. The number of aromatic nitrogens is 3. The van der Waals surface area contributed by atoms with Crippen molar-refractivity contribution in [1.29, 1.82) is 0 Å². The second-order valence-corrected chi connectivity index (χ2v) is 7.21. The molecular weight excluding hydrogens is 371 g/mol. The molecule has 4 aromatic rings. The molecule has 146 valence electrons. The maximum Gasteiger partial charge on any atom is 0.272 e. The quantitative estimate of drug-likeness (QED) is 0.527. The minimum absolute atomic E-state index is 0.0807. The molecule has 0 N–H and O–H groups in total.